The second-order valence-electron chi connectivity index (χ2n) is 8.51. The number of rotatable bonds is 5. The quantitative estimate of drug-likeness (QED) is 0.451. The smallest absolute Gasteiger partial charge is 0.381 e. The second-order valence-corrected chi connectivity index (χ2v) is 8.51. The van der Waals surface area contributed by atoms with Gasteiger partial charge in [0.2, 0.25) is 0 Å². The van der Waals surface area contributed by atoms with Gasteiger partial charge in [-0.1, -0.05) is 12.1 Å². The molecule has 0 radical (unpaired) electrons. The number of carbonyl (C=O) groups is 1. The van der Waals surface area contributed by atoms with Crippen molar-refractivity contribution >= 4 is 17.2 Å². The summed E-state index contributed by atoms with van der Waals surface area (Å²) >= 11 is 0. The van der Waals surface area contributed by atoms with Crippen LogP contribution in [0.15, 0.2) is 47.7 Å². The van der Waals surface area contributed by atoms with Crippen LogP contribution in [0.2, 0.25) is 0 Å². The van der Waals surface area contributed by atoms with E-state index in [1.807, 2.05) is 13.1 Å². The van der Waals surface area contributed by atoms with Gasteiger partial charge in [-0.25, -0.2) is 0 Å². The van der Waals surface area contributed by atoms with Crippen molar-refractivity contribution in [2.45, 2.75) is 30.5 Å². The van der Waals surface area contributed by atoms with Gasteiger partial charge in [-0.3, -0.25) is 14.2 Å². The summed E-state index contributed by atoms with van der Waals surface area (Å²) in [5, 5.41) is 7.92. The number of ether oxygens (including phenoxy) is 1. The number of hydrogen-bond acceptors (Lipinski definition) is 5. The maximum atomic E-state index is 13.9. The lowest BCUT2D eigenvalue weighted by Gasteiger charge is -2.46. The van der Waals surface area contributed by atoms with E-state index in [1.54, 1.807) is 36.2 Å². The Hall–Kier alpha value is -3.73. The fourth-order valence-electron chi connectivity index (χ4n) is 4.82. The Labute approximate surface area is 191 Å². The normalized spacial score (nSPS) is 20.4. The zero-order chi connectivity index (χ0) is 24.3. The van der Waals surface area contributed by atoms with Crippen LogP contribution in [0, 0.1) is 0 Å². The van der Waals surface area contributed by atoms with Gasteiger partial charge in [-0.05, 0) is 36.6 Å². The molecule has 1 saturated carbocycles. The van der Waals surface area contributed by atoms with Crippen molar-refractivity contribution in [3.05, 3.63) is 75.9 Å². The van der Waals surface area contributed by atoms with Crippen molar-refractivity contribution in [2.75, 3.05) is 7.11 Å². The van der Waals surface area contributed by atoms with Crippen LogP contribution in [0.25, 0.3) is 16.6 Å². The van der Waals surface area contributed by atoms with E-state index in [1.165, 1.54) is 0 Å². The minimum Gasteiger partial charge on any atom is -0.381 e. The van der Waals surface area contributed by atoms with Crippen molar-refractivity contribution in [2.24, 2.45) is 7.05 Å². The Morgan fingerprint density at radius 1 is 1.26 bits per heavy atom. The molecule has 0 amide bonds. The van der Waals surface area contributed by atoms with Crippen LogP contribution in [0.4, 0.5) is 13.2 Å². The molecule has 1 fully saturated rings. The number of H-pyrrole nitrogens is 1. The summed E-state index contributed by atoms with van der Waals surface area (Å²) in [5.74, 6) is 0.705. The fraction of sp³-hybridized carbons (Fsp3) is 0.304. The molecule has 11 heteroatoms. The first-order valence-corrected chi connectivity index (χ1v) is 10.5. The van der Waals surface area contributed by atoms with Crippen molar-refractivity contribution in [1.82, 2.24) is 24.3 Å². The molecule has 176 valence electrons. The average molecular weight is 471 g/mol. The number of aromatic nitrogens is 5. The van der Waals surface area contributed by atoms with Gasteiger partial charge in [0.1, 0.15) is 17.7 Å². The molecule has 1 aliphatic rings. The van der Waals surface area contributed by atoms with Crippen molar-refractivity contribution < 1.29 is 22.7 Å². The standard InChI is InChI=1S/C23H20F3N5O3/c1-30-12-27-29-21(30)22(8-16(9-22)34-2)13-4-3-5-15(6-13)31-10-18(23(24,25)26)17-7-14(11-32)28-19(17)20(31)33/h3-7,10-12,16,28H,8-9H2,1-2H3. The molecule has 3 heterocycles. The largest absolute Gasteiger partial charge is 0.418 e. The van der Waals surface area contributed by atoms with E-state index in [0.29, 0.717) is 25.0 Å². The molecule has 0 spiro atoms. The molecule has 0 atom stereocenters. The predicted molar refractivity (Wildman–Crippen MR) is 116 cm³/mol. The molecule has 3 aromatic heterocycles. The number of carbonyl (C=O) groups excluding carboxylic acids is 1. The van der Waals surface area contributed by atoms with Gasteiger partial charge >= 0.3 is 6.18 Å². The van der Waals surface area contributed by atoms with Gasteiger partial charge in [0, 0.05) is 31.4 Å². The van der Waals surface area contributed by atoms with Gasteiger partial charge in [-0.15, -0.1) is 10.2 Å². The summed E-state index contributed by atoms with van der Waals surface area (Å²) in [5.41, 5.74) is -1.60. The highest BCUT2D eigenvalue weighted by Crippen LogP contribution is 2.49. The number of nitrogens with one attached hydrogen (secondary N) is 1. The summed E-state index contributed by atoms with van der Waals surface area (Å²) in [4.78, 5) is 26.8. The van der Waals surface area contributed by atoms with Crippen LogP contribution in [0.5, 0.6) is 0 Å². The number of alkyl halides is 3. The van der Waals surface area contributed by atoms with Crippen LogP contribution in [0.1, 0.15) is 40.3 Å². The first-order valence-electron chi connectivity index (χ1n) is 10.5. The number of aromatic amines is 1. The Kier molecular flexibility index (Phi) is 4.97. The lowest BCUT2D eigenvalue weighted by Crippen LogP contribution is -2.48. The SMILES string of the molecule is COC1CC(c2cccc(-n3cc(C(F)(F)F)c4cc(C=O)[nH]c4c3=O)c2)(c2nncn2C)C1. The number of benzene rings is 1. The molecule has 34 heavy (non-hydrogen) atoms. The molecule has 0 bridgehead atoms. The summed E-state index contributed by atoms with van der Waals surface area (Å²) in [7, 11) is 3.45. The average Bonchev–Trinajstić information content (AvgIpc) is 3.40. The molecule has 5 rings (SSSR count). The molecule has 0 saturated heterocycles. The Balaban J connectivity index is 1.70. The van der Waals surface area contributed by atoms with Gasteiger partial charge in [0.25, 0.3) is 5.56 Å². The van der Waals surface area contributed by atoms with E-state index in [2.05, 4.69) is 15.2 Å². The number of methoxy groups -OCH3 is 1. The summed E-state index contributed by atoms with van der Waals surface area (Å²) in [6.07, 6.45) is -0.770. The molecule has 1 aliphatic carbocycles. The van der Waals surface area contributed by atoms with Crippen LogP contribution < -0.4 is 5.56 Å². The van der Waals surface area contributed by atoms with Crippen molar-refractivity contribution in [3.63, 3.8) is 0 Å². The first-order chi connectivity index (χ1) is 16.2. The zero-order valence-corrected chi connectivity index (χ0v) is 18.3. The molecule has 1 N–H and O–H groups in total. The maximum Gasteiger partial charge on any atom is 0.418 e. The lowest BCUT2D eigenvalue weighted by atomic mass is 9.62. The fourth-order valence-corrected chi connectivity index (χ4v) is 4.82. The molecule has 0 unspecified atom stereocenters. The van der Waals surface area contributed by atoms with Crippen LogP contribution in [-0.4, -0.2) is 43.8 Å². The molecule has 1 aromatic carbocycles. The number of halogens is 3. The Bertz CT molecular complexity index is 1460. The van der Waals surface area contributed by atoms with Gasteiger partial charge in [0.15, 0.2) is 6.29 Å². The molecular formula is C23H20F3N5O3. The highest BCUT2D eigenvalue weighted by Gasteiger charge is 2.50. The highest BCUT2D eigenvalue weighted by molar-refractivity contribution is 5.90. The third-order valence-corrected chi connectivity index (χ3v) is 6.55. The molecular weight excluding hydrogens is 451 g/mol. The number of aryl methyl sites for hydroxylation is 1. The van der Waals surface area contributed by atoms with Crippen LogP contribution in [0.3, 0.4) is 0 Å². The third kappa shape index (κ3) is 3.26. The topological polar surface area (TPSA) is 94.8 Å². The number of fused-ring (bicyclic) bond motifs is 1. The van der Waals surface area contributed by atoms with Crippen LogP contribution in [-0.2, 0) is 23.4 Å². The second kappa shape index (κ2) is 7.66. The summed E-state index contributed by atoms with van der Waals surface area (Å²) in [6, 6.07) is 7.85. The monoisotopic (exact) mass is 471 g/mol. The lowest BCUT2D eigenvalue weighted by molar-refractivity contribution is -0.136. The zero-order valence-electron chi connectivity index (χ0n) is 18.3. The molecule has 4 aromatic rings. The van der Waals surface area contributed by atoms with E-state index in [0.717, 1.165) is 22.4 Å². The van der Waals surface area contributed by atoms with E-state index in [4.69, 9.17) is 4.74 Å². The molecule has 8 nitrogen and oxygen atoms in total. The van der Waals surface area contributed by atoms with Gasteiger partial charge in [-0.2, -0.15) is 13.2 Å². The minimum atomic E-state index is -4.73. The predicted octanol–water partition coefficient (Wildman–Crippen LogP) is 3.37. The van der Waals surface area contributed by atoms with Crippen molar-refractivity contribution in [1.29, 1.82) is 0 Å². The number of aldehydes is 1. The summed E-state index contributed by atoms with van der Waals surface area (Å²) in [6.45, 7) is 0. The Morgan fingerprint density at radius 2 is 2.03 bits per heavy atom. The number of nitrogens with zero attached hydrogens (tertiary/aromatic N) is 4. The van der Waals surface area contributed by atoms with Crippen LogP contribution >= 0.6 is 0 Å². The number of hydrogen-bond donors (Lipinski definition) is 1. The third-order valence-electron chi connectivity index (χ3n) is 6.55. The van der Waals surface area contributed by atoms with E-state index < -0.39 is 22.7 Å². The molecule has 0 aliphatic heterocycles. The summed E-state index contributed by atoms with van der Waals surface area (Å²) < 4.78 is 49.8. The minimum absolute atomic E-state index is 0.00283. The highest BCUT2D eigenvalue weighted by atomic mass is 19.4. The van der Waals surface area contributed by atoms with E-state index in [9.17, 15) is 22.8 Å². The van der Waals surface area contributed by atoms with E-state index >= 15 is 0 Å². The van der Waals surface area contributed by atoms with Gasteiger partial charge < -0.3 is 14.3 Å². The van der Waals surface area contributed by atoms with E-state index in [-0.39, 0.29) is 28.4 Å². The Morgan fingerprint density at radius 3 is 2.65 bits per heavy atom. The number of pyridine rings is 1. The van der Waals surface area contributed by atoms with Crippen molar-refractivity contribution in [3.8, 4) is 5.69 Å². The maximum absolute atomic E-state index is 13.9. The first kappa shape index (κ1) is 22.1. The van der Waals surface area contributed by atoms with Gasteiger partial charge in [0.05, 0.1) is 22.8 Å².